The van der Waals surface area contributed by atoms with E-state index in [1.807, 2.05) is 24.3 Å². The van der Waals surface area contributed by atoms with Gasteiger partial charge in [-0.1, -0.05) is 0 Å². The van der Waals surface area contributed by atoms with E-state index in [9.17, 15) is 14.4 Å². The van der Waals surface area contributed by atoms with Crippen molar-refractivity contribution in [2.24, 2.45) is 14.1 Å². The molecule has 0 spiro atoms. The van der Waals surface area contributed by atoms with Crippen LogP contribution in [0.1, 0.15) is 13.8 Å². The SMILES string of the molecule is CC1CN(c2ccc(NC(=O)Cn3cnc4c3c(=O)n(C)c(=O)n4C)cc2)CC(C)O1. The number of carbonyl (C=O) groups excluding carboxylic acids is 1. The van der Waals surface area contributed by atoms with Crippen molar-refractivity contribution < 1.29 is 9.53 Å². The molecule has 2 unspecified atom stereocenters. The Labute approximate surface area is 178 Å². The second-order valence-corrected chi connectivity index (χ2v) is 8.01. The first-order valence-electron chi connectivity index (χ1n) is 10.2. The first kappa shape index (κ1) is 20.9. The van der Waals surface area contributed by atoms with Crippen LogP contribution >= 0.6 is 0 Å². The molecular formula is C21H26N6O4. The Morgan fingerprint density at radius 1 is 1.10 bits per heavy atom. The molecule has 10 heteroatoms. The lowest BCUT2D eigenvalue weighted by atomic mass is 10.2. The molecule has 1 aliphatic heterocycles. The number of fused-ring (bicyclic) bond motifs is 1. The Morgan fingerprint density at radius 2 is 1.74 bits per heavy atom. The van der Waals surface area contributed by atoms with Crippen molar-refractivity contribution in [2.45, 2.75) is 32.6 Å². The van der Waals surface area contributed by atoms with Crippen LogP contribution in [-0.4, -0.2) is 49.9 Å². The summed E-state index contributed by atoms with van der Waals surface area (Å²) in [7, 11) is 2.94. The summed E-state index contributed by atoms with van der Waals surface area (Å²) in [5.74, 6) is -0.295. The smallest absolute Gasteiger partial charge is 0.332 e. The van der Waals surface area contributed by atoms with Gasteiger partial charge in [0, 0.05) is 38.6 Å². The lowest BCUT2D eigenvalue weighted by molar-refractivity contribution is -0.116. The molecule has 0 radical (unpaired) electrons. The molecule has 31 heavy (non-hydrogen) atoms. The molecule has 1 saturated heterocycles. The zero-order valence-corrected chi connectivity index (χ0v) is 18.0. The molecule has 1 amide bonds. The molecule has 2 aromatic heterocycles. The van der Waals surface area contributed by atoms with E-state index >= 15 is 0 Å². The van der Waals surface area contributed by atoms with Crippen molar-refractivity contribution in [2.75, 3.05) is 23.3 Å². The van der Waals surface area contributed by atoms with Gasteiger partial charge in [-0.2, -0.15) is 0 Å². The van der Waals surface area contributed by atoms with Gasteiger partial charge in [0.05, 0.1) is 18.5 Å². The average molecular weight is 426 g/mol. The molecule has 2 atom stereocenters. The Hall–Kier alpha value is -3.40. The molecule has 164 valence electrons. The summed E-state index contributed by atoms with van der Waals surface area (Å²) in [5.41, 5.74) is 1.25. The number of anilines is 2. The van der Waals surface area contributed by atoms with Crippen molar-refractivity contribution in [1.29, 1.82) is 0 Å². The second kappa shape index (κ2) is 8.03. The lowest BCUT2D eigenvalue weighted by Gasteiger charge is -2.36. The summed E-state index contributed by atoms with van der Waals surface area (Å²) in [6, 6.07) is 7.65. The minimum Gasteiger partial charge on any atom is -0.372 e. The Morgan fingerprint density at radius 3 is 2.39 bits per heavy atom. The van der Waals surface area contributed by atoms with Crippen LogP contribution in [0, 0.1) is 0 Å². The number of rotatable bonds is 4. The monoisotopic (exact) mass is 426 g/mol. The number of hydrogen-bond acceptors (Lipinski definition) is 6. The summed E-state index contributed by atoms with van der Waals surface area (Å²) in [6.07, 6.45) is 1.73. The number of ether oxygens (including phenoxy) is 1. The molecule has 0 aliphatic carbocycles. The minimum atomic E-state index is -0.485. The van der Waals surface area contributed by atoms with Crippen LogP contribution < -0.4 is 21.5 Å². The molecule has 10 nitrogen and oxygen atoms in total. The number of hydrogen-bond donors (Lipinski definition) is 1. The molecule has 3 heterocycles. The molecule has 0 saturated carbocycles. The van der Waals surface area contributed by atoms with Gasteiger partial charge in [-0.15, -0.1) is 0 Å². The third-order valence-electron chi connectivity index (χ3n) is 5.47. The van der Waals surface area contributed by atoms with E-state index in [4.69, 9.17) is 4.74 Å². The van der Waals surface area contributed by atoms with E-state index in [-0.39, 0.29) is 35.8 Å². The highest BCUT2D eigenvalue weighted by Crippen LogP contribution is 2.22. The summed E-state index contributed by atoms with van der Waals surface area (Å²) >= 11 is 0. The number of morpholine rings is 1. The minimum absolute atomic E-state index is 0.0931. The van der Waals surface area contributed by atoms with Crippen LogP contribution in [0.4, 0.5) is 11.4 Å². The van der Waals surface area contributed by atoms with Gasteiger partial charge in [-0.25, -0.2) is 9.78 Å². The van der Waals surface area contributed by atoms with Gasteiger partial charge in [0.15, 0.2) is 11.2 Å². The van der Waals surface area contributed by atoms with Gasteiger partial charge >= 0.3 is 5.69 Å². The van der Waals surface area contributed by atoms with Crippen LogP contribution in [-0.2, 0) is 30.2 Å². The van der Waals surface area contributed by atoms with Crippen LogP contribution in [0.15, 0.2) is 40.2 Å². The number of imidazole rings is 1. The van der Waals surface area contributed by atoms with E-state index in [0.717, 1.165) is 23.3 Å². The maximum atomic E-state index is 12.6. The molecule has 1 N–H and O–H groups in total. The molecule has 1 fully saturated rings. The van der Waals surface area contributed by atoms with Gasteiger partial charge in [0.25, 0.3) is 5.56 Å². The Bertz CT molecular complexity index is 1230. The molecule has 3 aromatic rings. The van der Waals surface area contributed by atoms with Crippen molar-refractivity contribution in [3.05, 3.63) is 51.4 Å². The van der Waals surface area contributed by atoms with E-state index in [0.29, 0.717) is 5.69 Å². The van der Waals surface area contributed by atoms with Crippen LogP contribution in [0.2, 0.25) is 0 Å². The van der Waals surface area contributed by atoms with Gasteiger partial charge in [0.2, 0.25) is 5.91 Å². The third-order valence-corrected chi connectivity index (χ3v) is 5.47. The standard InChI is InChI=1S/C21H26N6O4/c1-13-9-26(10-14(2)31-13)16-7-5-15(6-8-16)23-17(28)11-27-12-22-19-18(27)20(29)25(4)21(30)24(19)3/h5-8,12-14H,9-11H2,1-4H3,(H,23,28). The fraction of sp³-hybridized carbons (Fsp3) is 0.429. The first-order chi connectivity index (χ1) is 14.7. The van der Waals surface area contributed by atoms with Crippen LogP contribution in [0.3, 0.4) is 0 Å². The number of nitrogens with one attached hydrogen (secondary N) is 1. The summed E-state index contributed by atoms with van der Waals surface area (Å²) in [4.78, 5) is 43.5. The number of aryl methyl sites for hydroxylation is 1. The zero-order chi connectivity index (χ0) is 22.3. The number of nitrogens with zero attached hydrogens (tertiary/aromatic N) is 5. The predicted octanol–water partition coefficient (Wildman–Crippen LogP) is 0.686. The predicted molar refractivity (Wildman–Crippen MR) is 118 cm³/mol. The summed E-state index contributed by atoms with van der Waals surface area (Å²) in [5, 5.41) is 2.84. The van der Waals surface area contributed by atoms with E-state index < -0.39 is 11.2 Å². The fourth-order valence-corrected chi connectivity index (χ4v) is 4.02. The quantitative estimate of drug-likeness (QED) is 0.658. The highest BCUT2D eigenvalue weighted by molar-refractivity contribution is 5.91. The highest BCUT2D eigenvalue weighted by Gasteiger charge is 2.22. The van der Waals surface area contributed by atoms with Crippen molar-refractivity contribution in [1.82, 2.24) is 18.7 Å². The number of aromatic nitrogens is 4. The Balaban J connectivity index is 1.48. The van der Waals surface area contributed by atoms with Gasteiger partial charge in [-0.05, 0) is 38.1 Å². The molecule has 1 aromatic carbocycles. The van der Waals surface area contributed by atoms with Crippen molar-refractivity contribution >= 4 is 28.4 Å². The number of benzene rings is 1. The number of carbonyl (C=O) groups is 1. The van der Waals surface area contributed by atoms with Crippen molar-refractivity contribution in [3.8, 4) is 0 Å². The van der Waals surface area contributed by atoms with Gasteiger partial charge in [0.1, 0.15) is 6.54 Å². The molecular weight excluding hydrogens is 400 g/mol. The Kier molecular flexibility index (Phi) is 5.40. The third kappa shape index (κ3) is 3.98. The topological polar surface area (TPSA) is 103 Å². The summed E-state index contributed by atoms with van der Waals surface area (Å²) < 4.78 is 9.52. The highest BCUT2D eigenvalue weighted by atomic mass is 16.5. The van der Waals surface area contributed by atoms with E-state index in [2.05, 4.69) is 29.0 Å². The zero-order valence-electron chi connectivity index (χ0n) is 18.0. The first-order valence-corrected chi connectivity index (χ1v) is 10.2. The van der Waals surface area contributed by atoms with Crippen LogP contribution in [0.5, 0.6) is 0 Å². The van der Waals surface area contributed by atoms with Crippen molar-refractivity contribution in [3.63, 3.8) is 0 Å². The normalized spacial score (nSPS) is 19.0. The average Bonchev–Trinajstić information content (AvgIpc) is 3.14. The molecule has 1 aliphatic rings. The maximum Gasteiger partial charge on any atom is 0.332 e. The number of amides is 1. The van der Waals surface area contributed by atoms with Gasteiger partial charge < -0.3 is 19.5 Å². The molecule has 0 bridgehead atoms. The van der Waals surface area contributed by atoms with E-state index in [1.54, 1.807) is 7.05 Å². The fourth-order valence-electron chi connectivity index (χ4n) is 4.02. The van der Waals surface area contributed by atoms with E-state index in [1.165, 1.54) is 22.5 Å². The second-order valence-electron chi connectivity index (χ2n) is 8.01. The largest absolute Gasteiger partial charge is 0.372 e. The lowest BCUT2D eigenvalue weighted by Crippen LogP contribution is -2.45. The van der Waals surface area contributed by atoms with Gasteiger partial charge in [-0.3, -0.25) is 18.7 Å². The summed E-state index contributed by atoms with van der Waals surface area (Å²) in [6.45, 7) is 5.66. The van der Waals surface area contributed by atoms with Crippen LogP contribution in [0.25, 0.3) is 11.2 Å². The maximum absolute atomic E-state index is 12.6. The molecule has 4 rings (SSSR count).